The molecule has 0 spiro atoms. The lowest BCUT2D eigenvalue weighted by Crippen LogP contribution is -1.89. The zero-order chi connectivity index (χ0) is 11.5. The highest BCUT2D eigenvalue weighted by molar-refractivity contribution is 5.50. The zero-order valence-corrected chi connectivity index (χ0v) is 9.63. The number of rotatable bonds is 0. The monoisotopic (exact) mass is 222 g/mol. The molecule has 0 fully saturated rings. The summed E-state index contributed by atoms with van der Waals surface area (Å²) in [6.45, 7) is 0. The minimum absolute atomic E-state index is 1.00. The Kier molecular flexibility index (Phi) is 2.70. The third-order valence-electron chi connectivity index (χ3n) is 3.14. The minimum atomic E-state index is 1.00. The molecule has 0 bridgehead atoms. The van der Waals surface area contributed by atoms with E-state index in [0.29, 0.717) is 0 Å². The van der Waals surface area contributed by atoms with Crippen LogP contribution >= 0.6 is 0 Å². The van der Waals surface area contributed by atoms with Gasteiger partial charge in [-0.25, -0.2) is 0 Å². The van der Waals surface area contributed by atoms with Gasteiger partial charge in [0.15, 0.2) is 0 Å². The number of azo groups is 1. The molecule has 1 aliphatic heterocycles. The fourth-order valence-electron chi connectivity index (χ4n) is 2.22. The first-order valence-electron chi connectivity index (χ1n) is 6.01. The molecule has 0 saturated heterocycles. The predicted octanol–water partition coefficient (Wildman–Crippen LogP) is 4.59. The number of hydrogen-bond donors (Lipinski definition) is 0. The van der Waals surface area contributed by atoms with E-state index in [9.17, 15) is 0 Å². The summed E-state index contributed by atoms with van der Waals surface area (Å²) in [6.07, 6.45) is 3.30. The quantitative estimate of drug-likeness (QED) is 0.622. The number of aryl methyl sites for hydroxylation is 2. The second-order valence-corrected chi connectivity index (χ2v) is 4.31. The molecule has 1 heterocycles. The Morgan fingerprint density at radius 2 is 1.12 bits per heavy atom. The standard InChI is InChI=1S/C15H14N2/c1-3-10-14-12(6-1)8-5-9-13-7-2-4-11-15(13)17-16-14/h1-4,6-7,10-11H,5,8-9H2. The molecule has 0 N–H and O–H groups in total. The molecule has 2 aromatic rings. The van der Waals surface area contributed by atoms with Crippen LogP contribution in [0.4, 0.5) is 11.4 Å². The maximum absolute atomic E-state index is 4.37. The molecule has 2 nitrogen and oxygen atoms in total. The van der Waals surface area contributed by atoms with Crippen molar-refractivity contribution in [3.8, 4) is 0 Å². The normalized spacial score (nSPS) is 14.1. The lowest BCUT2D eigenvalue weighted by atomic mass is 10.0. The molecule has 1 aliphatic rings. The molecule has 0 aromatic heterocycles. The van der Waals surface area contributed by atoms with Crippen LogP contribution in [-0.2, 0) is 12.8 Å². The summed E-state index contributed by atoms with van der Waals surface area (Å²) in [6, 6.07) is 16.5. The van der Waals surface area contributed by atoms with Gasteiger partial charge in [-0.05, 0) is 42.5 Å². The fraction of sp³-hybridized carbons (Fsp3) is 0.200. The van der Waals surface area contributed by atoms with Gasteiger partial charge in [0.1, 0.15) is 0 Å². The van der Waals surface area contributed by atoms with Crippen LogP contribution in [0.25, 0.3) is 0 Å². The van der Waals surface area contributed by atoms with Gasteiger partial charge in [0.25, 0.3) is 0 Å². The largest absolute Gasteiger partial charge is 0.150 e. The third-order valence-corrected chi connectivity index (χ3v) is 3.14. The smallest absolute Gasteiger partial charge is 0.0889 e. The number of nitrogens with zero attached hydrogens (tertiary/aromatic N) is 2. The van der Waals surface area contributed by atoms with Crippen LogP contribution in [0.3, 0.4) is 0 Å². The average Bonchev–Trinajstić information content (AvgIpc) is 2.47. The lowest BCUT2D eigenvalue weighted by Gasteiger charge is -2.03. The van der Waals surface area contributed by atoms with E-state index in [4.69, 9.17) is 0 Å². The van der Waals surface area contributed by atoms with Crippen molar-refractivity contribution < 1.29 is 0 Å². The highest BCUT2D eigenvalue weighted by Gasteiger charge is 2.06. The summed E-state index contributed by atoms with van der Waals surface area (Å²) in [4.78, 5) is 0. The van der Waals surface area contributed by atoms with E-state index in [-0.39, 0.29) is 0 Å². The van der Waals surface area contributed by atoms with Crippen molar-refractivity contribution in [1.82, 2.24) is 0 Å². The van der Waals surface area contributed by atoms with Crippen molar-refractivity contribution in [3.05, 3.63) is 59.7 Å². The number of fused-ring (bicyclic) bond motifs is 2. The van der Waals surface area contributed by atoms with E-state index in [1.807, 2.05) is 24.3 Å². The van der Waals surface area contributed by atoms with E-state index >= 15 is 0 Å². The van der Waals surface area contributed by atoms with Gasteiger partial charge >= 0.3 is 0 Å². The third kappa shape index (κ3) is 2.11. The number of benzene rings is 2. The molecule has 3 rings (SSSR count). The van der Waals surface area contributed by atoms with Crippen LogP contribution in [0.1, 0.15) is 17.5 Å². The molecule has 0 radical (unpaired) electrons. The van der Waals surface area contributed by atoms with Crippen molar-refractivity contribution in [1.29, 1.82) is 0 Å². The van der Waals surface area contributed by atoms with Gasteiger partial charge in [0.05, 0.1) is 11.4 Å². The highest BCUT2D eigenvalue weighted by atomic mass is 15.1. The summed E-state index contributed by atoms with van der Waals surface area (Å²) in [7, 11) is 0. The maximum Gasteiger partial charge on any atom is 0.0889 e. The van der Waals surface area contributed by atoms with Gasteiger partial charge in [-0.15, -0.1) is 0 Å². The second kappa shape index (κ2) is 4.50. The fourth-order valence-corrected chi connectivity index (χ4v) is 2.22. The van der Waals surface area contributed by atoms with Gasteiger partial charge in [-0.2, -0.15) is 10.2 Å². The molecule has 0 saturated carbocycles. The first-order chi connectivity index (χ1) is 8.43. The van der Waals surface area contributed by atoms with Crippen molar-refractivity contribution >= 4 is 11.4 Å². The Labute approximate surface area is 101 Å². The van der Waals surface area contributed by atoms with Gasteiger partial charge in [0, 0.05) is 0 Å². The van der Waals surface area contributed by atoms with Crippen LogP contribution in [0.5, 0.6) is 0 Å². The molecule has 17 heavy (non-hydrogen) atoms. The first kappa shape index (κ1) is 10.2. The van der Waals surface area contributed by atoms with Crippen LogP contribution in [-0.4, -0.2) is 0 Å². The Morgan fingerprint density at radius 1 is 0.647 bits per heavy atom. The predicted molar refractivity (Wildman–Crippen MR) is 69.1 cm³/mol. The maximum atomic E-state index is 4.37. The van der Waals surface area contributed by atoms with Gasteiger partial charge in [0.2, 0.25) is 0 Å². The summed E-state index contributed by atoms with van der Waals surface area (Å²) in [5, 5.41) is 8.75. The van der Waals surface area contributed by atoms with Crippen LogP contribution in [0.2, 0.25) is 0 Å². The molecule has 84 valence electrons. The summed E-state index contributed by atoms with van der Waals surface area (Å²) >= 11 is 0. The SMILES string of the molecule is c1ccc2c(c1)CCCc1ccccc1N=N2. The lowest BCUT2D eigenvalue weighted by molar-refractivity contribution is 0.825. The van der Waals surface area contributed by atoms with Gasteiger partial charge < -0.3 is 0 Å². The van der Waals surface area contributed by atoms with E-state index in [0.717, 1.165) is 30.6 Å². The van der Waals surface area contributed by atoms with Crippen LogP contribution in [0.15, 0.2) is 58.8 Å². The Balaban J connectivity index is 2.06. The zero-order valence-electron chi connectivity index (χ0n) is 9.63. The highest BCUT2D eigenvalue weighted by Crippen LogP contribution is 2.28. The van der Waals surface area contributed by atoms with Gasteiger partial charge in [-0.3, -0.25) is 0 Å². The van der Waals surface area contributed by atoms with E-state index in [1.54, 1.807) is 0 Å². The van der Waals surface area contributed by atoms with E-state index in [1.165, 1.54) is 11.1 Å². The van der Waals surface area contributed by atoms with Gasteiger partial charge in [-0.1, -0.05) is 36.4 Å². The van der Waals surface area contributed by atoms with Crippen LogP contribution in [0, 0.1) is 0 Å². The van der Waals surface area contributed by atoms with Crippen molar-refractivity contribution in [2.24, 2.45) is 10.2 Å². The molecule has 0 aliphatic carbocycles. The Morgan fingerprint density at radius 3 is 1.65 bits per heavy atom. The molecule has 2 heteroatoms. The van der Waals surface area contributed by atoms with Crippen molar-refractivity contribution in [2.45, 2.75) is 19.3 Å². The molecule has 0 unspecified atom stereocenters. The van der Waals surface area contributed by atoms with Crippen LogP contribution < -0.4 is 0 Å². The van der Waals surface area contributed by atoms with Crippen molar-refractivity contribution in [3.63, 3.8) is 0 Å². The molecule has 0 amide bonds. The summed E-state index contributed by atoms with van der Waals surface area (Å²) < 4.78 is 0. The first-order valence-corrected chi connectivity index (χ1v) is 6.01. The van der Waals surface area contributed by atoms with Crippen molar-refractivity contribution in [2.75, 3.05) is 0 Å². The Bertz CT molecular complexity index is 509. The Hall–Kier alpha value is -1.96. The molecule has 2 aromatic carbocycles. The van der Waals surface area contributed by atoms with E-state index < -0.39 is 0 Å². The molecular formula is C15H14N2. The molecular weight excluding hydrogens is 208 g/mol. The minimum Gasteiger partial charge on any atom is -0.150 e. The number of hydrogen-bond acceptors (Lipinski definition) is 2. The topological polar surface area (TPSA) is 24.7 Å². The summed E-state index contributed by atoms with van der Waals surface area (Å²) in [5.41, 5.74) is 4.60. The molecule has 0 atom stereocenters. The second-order valence-electron chi connectivity index (χ2n) is 4.31. The van der Waals surface area contributed by atoms with E-state index in [2.05, 4.69) is 34.5 Å². The summed E-state index contributed by atoms with van der Waals surface area (Å²) in [5.74, 6) is 0. The average molecular weight is 222 g/mol.